The summed E-state index contributed by atoms with van der Waals surface area (Å²) in [7, 11) is 3.71. The van der Waals surface area contributed by atoms with Gasteiger partial charge in [0.15, 0.2) is 0 Å². The molecule has 2 aromatic rings. The summed E-state index contributed by atoms with van der Waals surface area (Å²) < 4.78 is 1.53. The van der Waals surface area contributed by atoms with Crippen LogP contribution in [0.15, 0.2) is 24.3 Å². The molecule has 16 heavy (non-hydrogen) atoms. The molecule has 0 saturated heterocycles. The lowest BCUT2D eigenvalue weighted by molar-refractivity contribution is 0.875. The van der Waals surface area contributed by atoms with Gasteiger partial charge in [-0.05, 0) is 12.1 Å². The third-order valence-electron chi connectivity index (χ3n) is 2.10. The second-order valence-corrected chi connectivity index (χ2v) is 3.93. The van der Waals surface area contributed by atoms with Crippen molar-refractivity contribution in [1.29, 1.82) is 0 Å². The second-order valence-electron chi connectivity index (χ2n) is 3.53. The largest absolute Gasteiger partial charge is 0.368 e. The number of anilines is 2. The van der Waals surface area contributed by atoms with Crippen molar-refractivity contribution in [2.45, 2.75) is 0 Å². The minimum Gasteiger partial charge on any atom is -0.368 e. The van der Waals surface area contributed by atoms with Crippen LogP contribution >= 0.6 is 11.6 Å². The molecule has 0 spiro atoms. The average Bonchev–Trinajstić information content (AvgIpc) is 2.61. The molecular formula is C10H12ClN5. The van der Waals surface area contributed by atoms with E-state index < -0.39 is 0 Å². The molecule has 0 aliphatic heterocycles. The molecule has 0 amide bonds. The Morgan fingerprint density at radius 1 is 1.31 bits per heavy atom. The number of hydrogen-bond donors (Lipinski definition) is 1. The Hall–Kier alpha value is -1.75. The Bertz CT molecular complexity index is 506. The molecule has 2 N–H and O–H groups in total. The van der Waals surface area contributed by atoms with Gasteiger partial charge in [-0.2, -0.15) is 9.67 Å². The first-order chi connectivity index (χ1) is 7.59. The smallest absolute Gasteiger partial charge is 0.246 e. The first-order valence-corrected chi connectivity index (χ1v) is 5.12. The molecule has 0 radical (unpaired) electrons. The van der Waals surface area contributed by atoms with Gasteiger partial charge in [0.1, 0.15) is 0 Å². The molecule has 0 fully saturated rings. The zero-order valence-corrected chi connectivity index (χ0v) is 9.81. The SMILES string of the molecule is CN(C)c1nc(N)n(-c2ccccc2Cl)n1. The van der Waals surface area contributed by atoms with E-state index in [4.69, 9.17) is 17.3 Å². The van der Waals surface area contributed by atoms with Gasteiger partial charge >= 0.3 is 0 Å². The van der Waals surface area contributed by atoms with E-state index in [0.29, 0.717) is 16.9 Å². The van der Waals surface area contributed by atoms with Gasteiger partial charge < -0.3 is 10.6 Å². The van der Waals surface area contributed by atoms with Crippen molar-refractivity contribution < 1.29 is 0 Å². The molecule has 0 aliphatic carbocycles. The summed E-state index contributed by atoms with van der Waals surface area (Å²) in [6.45, 7) is 0. The zero-order chi connectivity index (χ0) is 11.7. The minimum atomic E-state index is 0.316. The average molecular weight is 238 g/mol. The van der Waals surface area contributed by atoms with Gasteiger partial charge in [-0.15, -0.1) is 5.10 Å². The van der Waals surface area contributed by atoms with E-state index in [1.165, 1.54) is 4.68 Å². The first kappa shape index (κ1) is 10.8. The van der Waals surface area contributed by atoms with E-state index in [0.717, 1.165) is 5.69 Å². The number of halogens is 1. The van der Waals surface area contributed by atoms with Crippen molar-refractivity contribution in [3.05, 3.63) is 29.3 Å². The van der Waals surface area contributed by atoms with Crippen LogP contribution in [0.25, 0.3) is 5.69 Å². The lowest BCUT2D eigenvalue weighted by Gasteiger charge is -2.05. The molecule has 0 atom stereocenters. The Morgan fingerprint density at radius 3 is 2.56 bits per heavy atom. The number of nitrogen functional groups attached to an aromatic ring is 1. The van der Waals surface area contributed by atoms with Crippen LogP contribution < -0.4 is 10.6 Å². The highest BCUT2D eigenvalue weighted by Gasteiger charge is 2.11. The fourth-order valence-corrected chi connectivity index (χ4v) is 1.52. The maximum atomic E-state index is 6.06. The maximum Gasteiger partial charge on any atom is 0.246 e. The van der Waals surface area contributed by atoms with Crippen LogP contribution in [0.2, 0.25) is 5.02 Å². The van der Waals surface area contributed by atoms with Crippen LogP contribution in [-0.2, 0) is 0 Å². The van der Waals surface area contributed by atoms with Gasteiger partial charge in [0, 0.05) is 14.1 Å². The van der Waals surface area contributed by atoms with Crippen LogP contribution in [0, 0.1) is 0 Å². The van der Waals surface area contributed by atoms with Crippen molar-refractivity contribution in [3.8, 4) is 5.69 Å². The van der Waals surface area contributed by atoms with Crippen LogP contribution in [0.5, 0.6) is 0 Å². The summed E-state index contributed by atoms with van der Waals surface area (Å²) in [4.78, 5) is 5.91. The molecule has 84 valence electrons. The first-order valence-electron chi connectivity index (χ1n) is 4.74. The molecule has 1 aromatic carbocycles. The number of benzene rings is 1. The summed E-state index contributed by atoms with van der Waals surface area (Å²) in [6.07, 6.45) is 0. The summed E-state index contributed by atoms with van der Waals surface area (Å²) in [5.74, 6) is 0.870. The predicted octanol–water partition coefficient (Wildman–Crippen LogP) is 1.57. The quantitative estimate of drug-likeness (QED) is 0.861. The molecule has 0 saturated carbocycles. The normalized spacial score (nSPS) is 10.4. The second kappa shape index (κ2) is 4.02. The van der Waals surface area contributed by atoms with Crippen molar-refractivity contribution in [2.24, 2.45) is 0 Å². The lowest BCUT2D eigenvalue weighted by atomic mass is 10.3. The number of rotatable bonds is 2. The van der Waals surface area contributed by atoms with E-state index >= 15 is 0 Å². The topological polar surface area (TPSA) is 60.0 Å². The number of para-hydroxylation sites is 1. The summed E-state index contributed by atoms with van der Waals surface area (Å²) in [5, 5.41) is 4.85. The van der Waals surface area contributed by atoms with Gasteiger partial charge in [-0.3, -0.25) is 0 Å². The summed E-state index contributed by atoms with van der Waals surface area (Å²) in [5.41, 5.74) is 6.51. The molecular weight excluding hydrogens is 226 g/mol. The Balaban J connectivity index is 2.52. The Labute approximate surface area is 98.4 Å². The van der Waals surface area contributed by atoms with E-state index in [2.05, 4.69) is 10.1 Å². The Kier molecular flexibility index (Phi) is 2.70. The summed E-state index contributed by atoms with van der Waals surface area (Å²) >= 11 is 6.06. The Morgan fingerprint density at radius 2 is 2.00 bits per heavy atom. The fraction of sp³-hybridized carbons (Fsp3) is 0.200. The lowest BCUT2D eigenvalue weighted by Crippen LogP contribution is -2.11. The highest BCUT2D eigenvalue weighted by atomic mass is 35.5. The number of nitrogens with two attached hydrogens (primary N) is 1. The third-order valence-corrected chi connectivity index (χ3v) is 2.42. The molecule has 1 heterocycles. The van der Waals surface area contributed by atoms with Gasteiger partial charge in [0.2, 0.25) is 11.9 Å². The standard InChI is InChI=1S/C10H12ClN5/c1-15(2)10-13-9(12)16(14-10)8-6-4-3-5-7(8)11/h3-6H,1-2H3,(H2,12,13,14). The predicted molar refractivity (Wildman–Crippen MR) is 65.1 cm³/mol. The van der Waals surface area contributed by atoms with Gasteiger partial charge in [-0.25, -0.2) is 0 Å². The zero-order valence-electron chi connectivity index (χ0n) is 9.05. The third kappa shape index (κ3) is 1.81. The fourth-order valence-electron chi connectivity index (χ4n) is 1.30. The number of hydrogen-bond acceptors (Lipinski definition) is 4. The van der Waals surface area contributed by atoms with Crippen molar-refractivity contribution in [2.75, 3.05) is 24.7 Å². The molecule has 2 rings (SSSR count). The van der Waals surface area contributed by atoms with Crippen LogP contribution in [-0.4, -0.2) is 28.9 Å². The minimum absolute atomic E-state index is 0.316. The van der Waals surface area contributed by atoms with Crippen molar-refractivity contribution in [3.63, 3.8) is 0 Å². The van der Waals surface area contributed by atoms with Crippen LogP contribution in [0.4, 0.5) is 11.9 Å². The van der Waals surface area contributed by atoms with Crippen LogP contribution in [0.3, 0.4) is 0 Å². The molecule has 6 heteroatoms. The van der Waals surface area contributed by atoms with E-state index in [1.54, 1.807) is 11.0 Å². The molecule has 0 aliphatic rings. The van der Waals surface area contributed by atoms with Crippen molar-refractivity contribution >= 4 is 23.5 Å². The maximum absolute atomic E-state index is 6.06. The van der Waals surface area contributed by atoms with E-state index in [9.17, 15) is 0 Å². The number of nitrogens with zero attached hydrogens (tertiary/aromatic N) is 4. The van der Waals surface area contributed by atoms with Crippen LogP contribution in [0.1, 0.15) is 0 Å². The van der Waals surface area contributed by atoms with Crippen molar-refractivity contribution in [1.82, 2.24) is 14.8 Å². The van der Waals surface area contributed by atoms with E-state index in [-0.39, 0.29) is 0 Å². The highest BCUT2D eigenvalue weighted by Crippen LogP contribution is 2.22. The summed E-state index contributed by atoms with van der Waals surface area (Å²) in [6, 6.07) is 7.35. The monoisotopic (exact) mass is 237 g/mol. The van der Waals surface area contributed by atoms with E-state index in [1.807, 2.05) is 32.3 Å². The molecule has 0 bridgehead atoms. The molecule has 5 nitrogen and oxygen atoms in total. The molecule has 1 aromatic heterocycles. The van der Waals surface area contributed by atoms with Gasteiger partial charge in [0.05, 0.1) is 10.7 Å². The molecule has 0 unspecified atom stereocenters. The number of aromatic nitrogens is 3. The van der Waals surface area contributed by atoms with Gasteiger partial charge in [0.25, 0.3) is 0 Å². The van der Waals surface area contributed by atoms with Gasteiger partial charge in [-0.1, -0.05) is 23.7 Å². The highest BCUT2D eigenvalue weighted by molar-refractivity contribution is 6.32.